The summed E-state index contributed by atoms with van der Waals surface area (Å²) in [7, 11) is 0. The predicted octanol–water partition coefficient (Wildman–Crippen LogP) is 0.415. The van der Waals surface area contributed by atoms with Crippen LogP contribution in [0.3, 0.4) is 0 Å². The van der Waals surface area contributed by atoms with Crippen LogP contribution in [0.5, 0.6) is 0 Å². The van der Waals surface area contributed by atoms with Crippen molar-refractivity contribution in [3.63, 3.8) is 0 Å². The van der Waals surface area contributed by atoms with E-state index in [1.54, 1.807) is 6.07 Å². The van der Waals surface area contributed by atoms with Gasteiger partial charge in [-0.2, -0.15) is 0 Å². The number of carbonyl (C=O) groups excluding carboxylic acids is 1. The number of carbonyl (C=O) groups is 1. The molecule has 6 nitrogen and oxygen atoms in total. The van der Waals surface area contributed by atoms with E-state index in [9.17, 15) is 4.79 Å². The number of rotatable bonds is 5. The van der Waals surface area contributed by atoms with Crippen molar-refractivity contribution in [2.45, 2.75) is 26.3 Å². The Balaban J connectivity index is 2.09. The molecule has 1 unspecified atom stereocenters. The fourth-order valence-corrected chi connectivity index (χ4v) is 2.36. The molecule has 1 aliphatic rings. The Morgan fingerprint density at radius 2 is 2.32 bits per heavy atom. The minimum atomic E-state index is -0.174. The average molecular weight is 263 g/mol. The molecule has 1 aliphatic heterocycles. The highest BCUT2D eigenvalue weighted by Gasteiger charge is 2.22. The lowest BCUT2D eigenvalue weighted by molar-refractivity contribution is 0.0950. The molecule has 6 heteroatoms. The number of hydrogen-bond donors (Lipinski definition) is 2. The minimum Gasteiger partial charge on any atom is -0.351 e. The van der Waals surface area contributed by atoms with Gasteiger partial charge in [0.2, 0.25) is 0 Å². The Morgan fingerprint density at radius 1 is 1.47 bits per heavy atom. The number of anilines is 1. The summed E-state index contributed by atoms with van der Waals surface area (Å²) in [6, 6.07) is 4.08. The Morgan fingerprint density at radius 3 is 2.84 bits per heavy atom. The van der Waals surface area contributed by atoms with Crippen LogP contribution in [0.1, 0.15) is 30.8 Å². The van der Waals surface area contributed by atoms with Crippen molar-refractivity contribution in [2.75, 3.05) is 31.1 Å². The summed E-state index contributed by atoms with van der Waals surface area (Å²) in [5.41, 5.74) is 0.367. The van der Waals surface area contributed by atoms with E-state index in [0.29, 0.717) is 18.3 Å². The third-order valence-electron chi connectivity index (χ3n) is 3.33. The maximum Gasteiger partial charge on any atom is 0.271 e. The summed E-state index contributed by atoms with van der Waals surface area (Å²) >= 11 is 0. The van der Waals surface area contributed by atoms with Crippen molar-refractivity contribution in [3.05, 3.63) is 17.8 Å². The molecule has 2 heterocycles. The summed E-state index contributed by atoms with van der Waals surface area (Å²) in [6.45, 7) is 7.50. The van der Waals surface area contributed by atoms with Crippen molar-refractivity contribution >= 4 is 11.7 Å². The van der Waals surface area contributed by atoms with E-state index in [1.165, 1.54) is 0 Å². The summed E-state index contributed by atoms with van der Waals surface area (Å²) in [6.07, 6.45) is 1.12. The van der Waals surface area contributed by atoms with E-state index >= 15 is 0 Å². The molecule has 104 valence electrons. The predicted molar refractivity (Wildman–Crippen MR) is 74.3 cm³/mol. The Hall–Kier alpha value is -1.69. The quantitative estimate of drug-likeness (QED) is 0.805. The number of nitrogens with one attached hydrogen (secondary N) is 2. The lowest BCUT2D eigenvalue weighted by atomic mass is 10.2. The smallest absolute Gasteiger partial charge is 0.271 e. The van der Waals surface area contributed by atoms with Crippen LogP contribution in [0, 0.1) is 0 Å². The minimum absolute atomic E-state index is 0.174. The normalized spacial score (nSPS) is 18.3. The molecule has 0 saturated carbocycles. The van der Waals surface area contributed by atoms with Crippen LogP contribution in [0.25, 0.3) is 0 Å². The number of aromatic nitrogens is 2. The van der Waals surface area contributed by atoms with Crippen molar-refractivity contribution in [2.24, 2.45) is 0 Å². The van der Waals surface area contributed by atoms with Crippen LogP contribution in [0.15, 0.2) is 12.1 Å². The highest BCUT2D eigenvalue weighted by atomic mass is 16.1. The van der Waals surface area contributed by atoms with E-state index < -0.39 is 0 Å². The summed E-state index contributed by atoms with van der Waals surface area (Å²) in [5, 5.41) is 14.3. The van der Waals surface area contributed by atoms with Crippen LogP contribution >= 0.6 is 0 Å². The van der Waals surface area contributed by atoms with Gasteiger partial charge in [-0.05, 0) is 38.9 Å². The first-order valence-electron chi connectivity index (χ1n) is 6.85. The van der Waals surface area contributed by atoms with Crippen molar-refractivity contribution < 1.29 is 4.79 Å². The van der Waals surface area contributed by atoms with Gasteiger partial charge in [0, 0.05) is 25.7 Å². The molecule has 19 heavy (non-hydrogen) atoms. The summed E-state index contributed by atoms with van der Waals surface area (Å²) in [5.74, 6) is 0.663. The van der Waals surface area contributed by atoms with Crippen LogP contribution in [0.4, 0.5) is 5.82 Å². The molecular weight excluding hydrogens is 242 g/mol. The zero-order valence-corrected chi connectivity index (χ0v) is 11.5. The Bertz CT molecular complexity index is 414. The molecule has 0 radical (unpaired) electrons. The Kier molecular flexibility index (Phi) is 4.68. The van der Waals surface area contributed by atoms with Crippen molar-refractivity contribution in [3.8, 4) is 0 Å². The molecular formula is C13H21N5O. The van der Waals surface area contributed by atoms with Gasteiger partial charge in [-0.25, -0.2) is 0 Å². The molecule has 1 saturated heterocycles. The van der Waals surface area contributed by atoms with E-state index in [0.717, 1.165) is 31.9 Å². The highest BCUT2D eigenvalue weighted by Crippen LogP contribution is 2.16. The molecule has 1 aromatic heterocycles. The van der Waals surface area contributed by atoms with Crippen LogP contribution in [-0.2, 0) is 0 Å². The van der Waals surface area contributed by atoms with E-state index in [-0.39, 0.29) is 5.91 Å². The first-order valence-corrected chi connectivity index (χ1v) is 6.85. The van der Waals surface area contributed by atoms with Gasteiger partial charge in [-0.15, -0.1) is 10.2 Å². The lowest BCUT2D eigenvalue weighted by Crippen LogP contribution is -2.37. The maximum absolute atomic E-state index is 11.6. The van der Waals surface area contributed by atoms with Crippen LogP contribution in [0.2, 0.25) is 0 Å². The number of hydrogen-bond acceptors (Lipinski definition) is 5. The van der Waals surface area contributed by atoms with Gasteiger partial charge in [0.25, 0.3) is 5.91 Å². The van der Waals surface area contributed by atoms with Gasteiger partial charge >= 0.3 is 0 Å². The maximum atomic E-state index is 11.6. The zero-order chi connectivity index (χ0) is 13.7. The number of nitrogens with zero attached hydrogens (tertiary/aromatic N) is 3. The molecule has 2 N–H and O–H groups in total. The molecule has 0 aromatic carbocycles. The highest BCUT2D eigenvalue weighted by molar-refractivity contribution is 5.92. The van der Waals surface area contributed by atoms with Crippen LogP contribution < -0.4 is 15.5 Å². The summed E-state index contributed by atoms with van der Waals surface area (Å²) < 4.78 is 0. The topological polar surface area (TPSA) is 70.2 Å². The molecule has 1 aromatic rings. The van der Waals surface area contributed by atoms with Gasteiger partial charge in [-0.3, -0.25) is 4.79 Å². The fraction of sp³-hybridized carbons (Fsp3) is 0.615. The number of likely N-dealkylation sites (N-methyl/N-ethyl adjacent to an activating group) is 1. The molecule has 0 bridgehead atoms. The van der Waals surface area contributed by atoms with E-state index in [4.69, 9.17) is 0 Å². The van der Waals surface area contributed by atoms with E-state index in [1.807, 2.05) is 13.0 Å². The number of amides is 1. The van der Waals surface area contributed by atoms with Crippen molar-refractivity contribution in [1.29, 1.82) is 0 Å². The van der Waals surface area contributed by atoms with Crippen molar-refractivity contribution in [1.82, 2.24) is 20.8 Å². The molecule has 0 aliphatic carbocycles. The van der Waals surface area contributed by atoms with Gasteiger partial charge in [0.1, 0.15) is 0 Å². The molecule has 0 spiro atoms. The molecule has 1 atom stereocenters. The standard InChI is InChI=1S/C13H21N5O/c1-3-15-13(19)11-5-6-12(17-16-11)18(4-2)10-7-8-14-9-10/h5-6,10,14H,3-4,7-9H2,1-2H3,(H,15,19). The monoisotopic (exact) mass is 263 g/mol. The second-order valence-corrected chi connectivity index (χ2v) is 4.57. The Labute approximate surface area is 113 Å². The molecule has 1 amide bonds. The third kappa shape index (κ3) is 3.20. The largest absolute Gasteiger partial charge is 0.351 e. The second kappa shape index (κ2) is 6.47. The SMILES string of the molecule is CCNC(=O)c1ccc(N(CC)C2CCNC2)nn1. The van der Waals surface area contributed by atoms with Gasteiger partial charge in [0.05, 0.1) is 0 Å². The second-order valence-electron chi connectivity index (χ2n) is 4.57. The fourth-order valence-electron chi connectivity index (χ4n) is 2.36. The third-order valence-corrected chi connectivity index (χ3v) is 3.33. The molecule has 1 fully saturated rings. The van der Waals surface area contributed by atoms with Crippen LogP contribution in [-0.4, -0.2) is 48.3 Å². The van der Waals surface area contributed by atoms with Gasteiger partial charge in [-0.1, -0.05) is 0 Å². The van der Waals surface area contributed by atoms with E-state index in [2.05, 4.69) is 32.7 Å². The zero-order valence-electron chi connectivity index (χ0n) is 11.5. The van der Waals surface area contributed by atoms with Gasteiger partial charge in [0.15, 0.2) is 11.5 Å². The van der Waals surface area contributed by atoms with Gasteiger partial charge < -0.3 is 15.5 Å². The lowest BCUT2D eigenvalue weighted by Gasteiger charge is -2.27. The first kappa shape index (κ1) is 13.7. The average Bonchev–Trinajstić information content (AvgIpc) is 2.95. The summed E-state index contributed by atoms with van der Waals surface area (Å²) in [4.78, 5) is 13.8. The molecule has 2 rings (SSSR count). The first-order chi connectivity index (χ1) is 9.26.